The molecule has 1 aromatic heterocycles. The molecule has 0 bridgehead atoms. The zero-order chi connectivity index (χ0) is 17.2. The van der Waals surface area contributed by atoms with Gasteiger partial charge in [0.15, 0.2) is 0 Å². The number of halogens is 1. The lowest BCUT2D eigenvalue weighted by molar-refractivity contribution is 0.237. The van der Waals surface area contributed by atoms with Gasteiger partial charge in [0.05, 0.1) is 12.3 Å². The molecule has 0 unspecified atom stereocenters. The molecule has 3 aromatic rings. The number of hydrogen-bond acceptors (Lipinski definition) is 3. The first-order valence-corrected chi connectivity index (χ1v) is 8.84. The molecular weight excluding hydrogens is 334 g/mol. The van der Waals surface area contributed by atoms with Gasteiger partial charge in [0, 0.05) is 42.3 Å². The van der Waals surface area contributed by atoms with Crippen LogP contribution in [0, 0.1) is 0 Å². The summed E-state index contributed by atoms with van der Waals surface area (Å²) in [6, 6.07) is 16.6. The van der Waals surface area contributed by atoms with Crippen LogP contribution in [0.4, 0.5) is 0 Å². The average molecular weight is 354 g/mol. The van der Waals surface area contributed by atoms with E-state index in [9.17, 15) is 5.11 Å². The molecular formula is C20H20ClN3O. The summed E-state index contributed by atoms with van der Waals surface area (Å²) in [5.41, 5.74) is 6.75. The highest BCUT2D eigenvalue weighted by Gasteiger charge is 2.21. The second-order valence-corrected chi connectivity index (χ2v) is 6.89. The van der Waals surface area contributed by atoms with E-state index >= 15 is 0 Å². The Labute approximate surface area is 152 Å². The van der Waals surface area contributed by atoms with Crippen molar-refractivity contribution in [3.8, 4) is 11.1 Å². The molecule has 0 saturated carbocycles. The van der Waals surface area contributed by atoms with Crippen molar-refractivity contribution in [2.45, 2.75) is 26.1 Å². The molecule has 128 valence electrons. The summed E-state index contributed by atoms with van der Waals surface area (Å²) < 4.78 is 0. The van der Waals surface area contributed by atoms with Crippen molar-refractivity contribution < 1.29 is 5.11 Å². The molecule has 0 atom stereocenters. The fourth-order valence-corrected chi connectivity index (χ4v) is 3.51. The van der Waals surface area contributed by atoms with Gasteiger partial charge in [-0.25, -0.2) is 0 Å². The van der Waals surface area contributed by atoms with Gasteiger partial charge < -0.3 is 5.11 Å². The van der Waals surface area contributed by atoms with E-state index < -0.39 is 0 Å². The summed E-state index contributed by atoms with van der Waals surface area (Å²) in [5.74, 6) is 0. The smallest absolute Gasteiger partial charge is 0.0924 e. The Kier molecular flexibility index (Phi) is 4.57. The van der Waals surface area contributed by atoms with Crippen LogP contribution in [0.3, 0.4) is 0 Å². The van der Waals surface area contributed by atoms with Crippen LogP contribution in [0.25, 0.3) is 11.1 Å². The van der Waals surface area contributed by atoms with Crippen LogP contribution in [-0.2, 0) is 26.1 Å². The van der Waals surface area contributed by atoms with E-state index in [-0.39, 0.29) is 6.61 Å². The second-order valence-electron chi connectivity index (χ2n) is 6.45. The number of nitrogens with zero attached hydrogens (tertiary/aromatic N) is 2. The standard InChI is InChI=1S/C20H20ClN3O/c21-17-7-5-16(6-8-17)15-3-1-14(2-4-15)11-24-10-9-19-18(12-24)20(13-25)23-22-19/h1-8,25H,9-13H2,(H,22,23). The number of aromatic nitrogens is 2. The predicted octanol–water partition coefficient (Wildman–Crippen LogP) is 3.78. The highest BCUT2D eigenvalue weighted by molar-refractivity contribution is 6.30. The largest absolute Gasteiger partial charge is 0.390 e. The fourth-order valence-electron chi connectivity index (χ4n) is 3.38. The van der Waals surface area contributed by atoms with Gasteiger partial charge in [0.25, 0.3) is 0 Å². The minimum absolute atomic E-state index is 0.00450. The van der Waals surface area contributed by atoms with Crippen LogP contribution in [-0.4, -0.2) is 26.7 Å². The zero-order valence-corrected chi connectivity index (χ0v) is 14.6. The molecule has 2 N–H and O–H groups in total. The number of nitrogens with one attached hydrogen (secondary N) is 1. The van der Waals surface area contributed by atoms with Crippen LogP contribution in [0.5, 0.6) is 0 Å². The molecule has 1 aliphatic heterocycles. The summed E-state index contributed by atoms with van der Waals surface area (Å²) >= 11 is 5.95. The first-order chi connectivity index (χ1) is 12.2. The van der Waals surface area contributed by atoms with Crippen molar-refractivity contribution in [1.82, 2.24) is 15.1 Å². The van der Waals surface area contributed by atoms with Gasteiger partial charge in [-0.15, -0.1) is 0 Å². The monoisotopic (exact) mass is 353 g/mol. The third-order valence-corrected chi connectivity index (χ3v) is 5.04. The van der Waals surface area contributed by atoms with Gasteiger partial charge in [-0.2, -0.15) is 5.10 Å². The van der Waals surface area contributed by atoms with E-state index in [2.05, 4.69) is 39.4 Å². The number of H-pyrrole nitrogens is 1. The van der Waals surface area contributed by atoms with Crippen molar-refractivity contribution in [2.75, 3.05) is 6.54 Å². The molecule has 4 nitrogen and oxygen atoms in total. The van der Waals surface area contributed by atoms with E-state index in [0.29, 0.717) is 0 Å². The van der Waals surface area contributed by atoms with Crippen molar-refractivity contribution in [3.63, 3.8) is 0 Å². The molecule has 5 heteroatoms. The van der Waals surface area contributed by atoms with Gasteiger partial charge in [-0.1, -0.05) is 48.0 Å². The Hall–Kier alpha value is -2.14. The predicted molar refractivity (Wildman–Crippen MR) is 99.2 cm³/mol. The van der Waals surface area contributed by atoms with Gasteiger partial charge in [0.2, 0.25) is 0 Å². The Balaban J connectivity index is 1.46. The zero-order valence-electron chi connectivity index (χ0n) is 13.9. The van der Waals surface area contributed by atoms with Crippen molar-refractivity contribution >= 4 is 11.6 Å². The van der Waals surface area contributed by atoms with Crippen molar-refractivity contribution in [2.24, 2.45) is 0 Å². The lowest BCUT2D eigenvalue weighted by Crippen LogP contribution is -2.30. The topological polar surface area (TPSA) is 52.2 Å². The van der Waals surface area contributed by atoms with Crippen molar-refractivity contribution in [3.05, 3.63) is 76.1 Å². The molecule has 2 aromatic carbocycles. The molecule has 25 heavy (non-hydrogen) atoms. The number of fused-ring (bicyclic) bond motifs is 1. The molecule has 2 heterocycles. The number of hydrogen-bond donors (Lipinski definition) is 2. The number of aliphatic hydroxyl groups excluding tert-OH is 1. The number of rotatable bonds is 4. The SMILES string of the molecule is OCc1n[nH]c2c1CN(Cc1ccc(-c3ccc(Cl)cc3)cc1)CC2. The van der Waals surface area contributed by atoms with E-state index in [0.717, 1.165) is 42.3 Å². The lowest BCUT2D eigenvalue weighted by Gasteiger charge is -2.27. The normalized spacial score (nSPS) is 14.5. The van der Waals surface area contributed by atoms with Crippen molar-refractivity contribution in [1.29, 1.82) is 0 Å². The number of aromatic amines is 1. The Morgan fingerprint density at radius 1 is 1.04 bits per heavy atom. The lowest BCUT2D eigenvalue weighted by atomic mass is 10.0. The van der Waals surface area contributed by atoms with E-state index in [1.807, 2.05) is 24.3 Å². The molecule has 0 spiro atoms. The number of benzene rings is 2. The summed E-state index contributed by atoms with van der Waals surface area (Å²) in [4.78, 5) is 2.40. The Morgan fingerprint density at radius 3 is 2.40 bits per heavy atom. The molecule has 1 aliphatic rings. The Bertz CT molecular complexity index is 842. The quantitative estimate of drug-likeness (QED) is 0.750. The molecule has 0 fully saturated rings. The summed E-state index contributed by atoms with van der Waals surface area (Å²) in [6.45, 7) is 2.73. The molecule has 0 amide bonds. The Morgan fingerprint density at radius 2 is 1.72 bits per heavy atom. The van der Waals surface area contributed by atoms with E-state index in [1.54, 1.807) is 0 Å². The van der Waals surface area contributed by atoms with Gasteiger partial charge >= 0.3 is 0 Å². The second kappa shape index (κ2) is 7.00. The first-order valence-electron chi connectivity index (χ1n) is 8.46. The average Bonchev–Trinajstić information content (AvgIpc) is 3.05. The maximum atomic E-state index is 9.41. The summed E-state index contributed by atoms with van der Waals surface area (Å²) in [5, 5.41) is 17.4. The molecule has 0 aliphatic carbocycles. The summed E-state index contributed by atoms with van der Waals surface area (Å²) in [6.07, 6.45) is 0.950. The highest BCUT2D eigenvalue weighted by Crippen LogP contribution is 2.24. The molecule has 0 saturated heterocycles. The van der Waals surface area contributed by atoms with E-state index in [1.165, 1.54) is 22.4 Å². The minimum atomic E-state index is -0.00450. The minimum Gasteiger partial charge on any atom is -0.390 e. The van der Waals surface area contributed by atoms with Gasteiger partial charge in [-0.3, -0.25) is 10.00 Å². The summed E-state index contributed by atoms with van der Waals surface area (Å²) in [7, 11) is 0. The molecule has 4 rings (SSSR count). The number of aliphatic hydroxyl groups is 1. The van der Waals surface area contributed by atoms with Crippen LogP contribution < -0.4 is 0 Å². The maximum absolute atomic E-state index is 9.41. The van der Waals surface area contributed by atoms with Crippen LogP contribution in [0.1, 0.15) is 22.5 Å². The first kappa shape index (κ1) is 16.3. The van der Waals surface area contributed by atoms with Gasteiger partial charge in [-0.05, 0) is 28.8 Å². The van der Waals surface area contributed by atoms with Gasteiger partial charge in [0.1, 0.15) is 0 Å². The maximum Gasteiger partial charge on any atom is 0.0924 e. The third-order valence-electron chi connectivity index (χ3n) is 4.79. The third kappa shape index (κ3) is 3.47. The van der Waals surface area contributed by atoms with Crippen LogP contribution >= 0.6 is 11.6 Å². The van der Waals surface area contributed by atoms with Crippen LogP contribution in [0.2, 0.25) is 5.02 Å². The highest BCUT2D eigenvalue weighted by atomic mass is 35.5. The van der Waals surface area contributed by atoms with Crippen LogP contribution in [0.15, 0.2) is 48.5 Å². The molecule has 0 radical (unpaired) electrons. The van der Waals surface area contributed by atoms with E-state index in [4.69, 9.17) is 11.6 Å². The fraction of sp³-hybridized carbons (Fsp3) is 0.250.